The van der Waals surface area contributed by atoms with Gasteiger partial charge in [-0.1, -0.05) is 11.3 Å². The first kappa shape index (κ1) is 12.7. The van der Waals surface area contributed by atoms with Crippen molar-refractivity contribution >= 4 is 27.8 Å². The number of anilines is 1. The Bertz CT molecular complexity index is 581. The second-order valence-corrected chi connectivity index (χ2v) is 7.33. The molecule has 0 N–H and O–H groups in total. The summed E-state index contributed by atoms with van der Waals surface area (Å²) in [6.07, 6.45) is 2.46. The zero-order valence-electron chi connectivity index (χ0n) is 11.4. The Morgan fingerprint density at radius 2 is 2.15 bits per heavy atom. The number of hydrogen-bond donors (Lipinski definition) is 0. The molecule has 4 rings (SSSR count). The zero-order valence-corrected chi connectivity index (χ0v) is 13.0. The quantitative estimate of drug-likeness (QED) is 0.869. The van der Waals surface area contributed by atoms with Gasteiger partial charge in [-0.3, -0.25) is 4.90 Å². The van der Waals surface area contributed by atoms with Crippen molar-refractivity contribution < 1.29 is 0 Å². The summed E-state index contributed by atoms with van der Waals surface area (Å²) in [6.45, 7) is 5.35. The number of rotatable bonds is 3. The van der Waals surface area contributed by atoms with Gasteiger partial charge < -0.3 is 4.90 Å². The van der Waals surface area contributed by atoms with Crippen LogP contribution in [0.1, 0.15) is 23.5 Å². The minimum absolute atomic E-state index is 0.614. The molecule has 20 heavy (non-hydrogen) atoms. The highest BCUT2D eigenvalue weighted by Gasteiger charge is 2.43. The summed E-state index contributed by atoms with van der Waals surface area (Å²) in [4.78, 5) is 9.65. The molecule has 0 aliphatic carbocycles. The molecule has 0 unspecified atom stereocenters. The van der Waals surface area contributed by atoms with E-state index in [0.29, 0.717) is 12.1 Å². The summed E-state index contributed by atoms with van der Waals surface area (Å²) in [7, 11) is 0. The van der Waals surface area contributed by atoms with Crippen LogP contribution in [0.25, 0.3) is 0 Å². The number of likely N-dealkylation sites (tertiary alicyclic amines) is 1. The number of fused-ring (bicyclic) bond motifs is 1. The molecule has 0 aromatic carbocycles. The van der Waals surface area contributed by atoms with Crippen molar-refractivity contribution in [2.75, 3.05) is 18.0 Å². The van der Waals surface area contributed by atoms with E-state index in [4.69, 9.17) is 0 Å². The van der Waals surface area contributed by atoms with Crippen molar-refractivity contribution in [2.45, 2.75) is 38.4 Å². The Labute approximate surface area is 126 Å². The average molecular weight is 307 g/mol. The van der Waals surface area contributed by atoms with Crippen LogP contribution < -0.4 is 4.90 Å². The number of aromatic nitrogens is 3. The third-order valence-electron chi connectivity index (χ3n) is 4.32. The second-order valence-electron chi connectivity index (χ2n) is 5.46. The third kappa shape index (κ3) is 2.13. The molecule has 0 bridgehead atoms. The molecule has 0 radical (unpaired) electrons. The van der Waals surface area contributed by atoms with Gasteiger partial charge in [0.1, 0.15) is 5.51 Å². The van der Waals surface area contributed by atoms with Gasteiger partial charge in [0, 0.05) is 37.1 Å². The Morgan fingerprint density at radius 3 is 2.90 bits per heavy atom. The van der Waals surface area contributed by atoms with E-state index in [1.54, 1.807) is 22.7 Å². The van der Waals surface area contributed by atoms with Gasteiger partial charge >= 0.3 is 0 Å². The molecule has 2 atom stereocenters. The van der Waals surface area contributed by atoms with Gasteiger partial charge in [-0.25, -0.2) is 4.98 Å². The van der Waals surface area contributed by atoms with Gasteiger partial charge in [0.05, 0.1) is 10.7 Å². The lowest BCUT2D eigenvalue weighted by molar-refractivity contribution is 0.243. The van der Waals surface area contributed by atoms with Crippen molar-refractivity contribution in [3.8, 4) is 0 Å². The van der Waals surface area contributed by atoms with Crippen molar-refractivity contribution in [1.29, 1.82) is 0 Å². The molecule has 2 fully saturated rings. The van der Waals surface area contributed by atoms with Crippen molar-refractivity contribution in [1.82, 2.24) is 20.1 Å². The lowest BCUT2D eigenvalue weighted by Crippen LogP contribution is -2.36. The maximum atomic E-state index is 4.60. The zero-order chi connectivity index (χ0) is 13.5. The summed E-state index contributed by atoms with van der Waals surface area (Å²) in [5.41, 5.74) is 3.05. The molecule has 0 saturated carbocycles. The van der Waals surface area contributed by atoms with E-state index in [1.165, 1.54) is 25.1 Å². The van der Waals surface area contributed by atoms with Gasteiger partial charge in [-0.15, -0.1) is 21.5 Å². The Balaban J connectivity index is 1.48. The lowest BCUT2D eigenvalue weighted by atomic mass is 10.1. The van der Waals surface area contributed by atoms with Gasteiger partial charge in [-0.2, -0.15) is 0 Å². The van der Waals surface area contributed by atoms with Crippen LogP contribution in [0.5, 0.6) is 0 Å². The molecule has 7 heteroatoms. The van der Waals surface area contributed by atoms with E-state index in [0.717, 1.165) is 23.2 Å². The largest absolute Gasteiger partial charge is 0.342 e. The predicted octanol–water partition coefficient (Wildman–Crippen LogP) is 2.16. The van der Waals surface area contributed by atoms with Crippen LogP contribution in [0.2, 0.25) is 0 Å². The van der Waals surface area contributed by atoms with Crippen LogP contribution >= 0.6 is 22.7 Å². The Morgan fingerprint density at radius 1 is 1.25 bits per heavy atom. The highest BCUT2D eigenvalue weighted by Crippen LogP contribution is 2.36. The minimum Gasteiger partial charge on any atom is -0.342 e. The molecule has 5 nitrogen and oxygen atoms in total. The van der Waals surface area contributed by atoms with E-state index in [-0.39, 0.29) is 0 Å². The van der Waals surface area contributed by atoms with Gasteiger partial charge in [-0.05, 0) is 19.8 Å². The average Bonchev–Trinajstić information content (AvgIpc) is 3.16. The fourth-order valence-electron chi connectivity index (χ4n) is 3.49. The molecule has 0 amide bonds. The first-order chi connectivity index (χ1) is 9.81. The van der Waals surface area contributed by atoms with Crippen molar-refractivity contribution in [3.05, 3.63) is 21.6 Å². The number of thiazole rings is 1. The minimum atomic E-state index is 0.614. The summed E-state index contributed by atoms with van der Waals surface area (Å²) in [5.74, 6) is 0. The van der Waals surface area contributed by atoms with Crippen LogP contribution in [0.15, 0.2) is 10.9 Å². The maximum absolute atomic E-state index is 4.60. The van der Waals surface area contributed by atoms with Crippen LogP contribution in [-0.4, -0.2) is 45.3 Å². The molecule has 2 saturated heterocycles. The van der Waals surface area contributed by atoms with E-state index in [1.807, 2.05) is 5.51 Å². The normalized spacial score (nSPS) is 26.4. The van der Waals surface area contributed by atoms with Crippen LogP contribution in [0.3, 0.4) is 0 Å². The summed E-state index contributed by atoms with van der Waals surface area (Å²) in [6, 6.07) is 1.27. The Kier molecular flexibility index (Phi) is 3.20. The lowest BCUT2D eigenvalue weighted by Gasteiger charge is -2.24. The van der Waals surface area contributed by atoms with E-state index in [9.17, 15) is 0 Å². The molecular weight excluding hydrogens is 290 g/mol. The molecular formula is C13H17N5S2. The van der Waals surface area contributed by atoms with E-state index in [2.05, 4.69) is 37.3 Å². The van der Waals surface area contributed by atoms with Gasteiger partial charge in [0.2, 0.25) is 5.13 Å². The summed E-state index contributed by atoms with van der Waals surface area (Å²) < 4.78 is 0. The van der Waals surface area contributed by atoms with Gasteiger partial charge in [0.25, 0.3) is 0 Å². The first-order valence-corrected chi connectivity index (χ1v) is 8.75. The highest BCUT2D eigenvalue weighted by atomic mass is 32.1. The predicted molar refractivity (Wildman–Crippen MR) is 81.3 cm³/mol. The second kappa shape index (κ2) is 5.05. The number of nitrogens with zero attached hydrogens (tertiary/aromatic N) is 5. The fraction of sp³-hybridized carbons (Fsp3) is 0.615. The number of hydrogen-bond acceptors (Lipinski definition) is 7. The van der Waals surface area contributed by atoms with E-state index >= 15 is 0 Å². The molecule has 2 aromatic rings. The highest BCUT2D eigenvalue weighted by molar-refractivity contribution is 7.13. The maximum Gasteiger partial charge on any atom is 0.208 e. The molecule has 2 aliphatic rings. The summed E-state index contributed by atoms with van der Waals surface area (Å²) in [5, 5.41) is 12.7. The molecule has 2 aliphatic heterocycles. The first-order valence-electron chi connectivity index (χ1n) is 6.99. The molecule has 106 valence electrons. The smallest absolute Gasteiger partial charge is 0.208 e. The molecule has 0 spiro atoms. The summed E-state index contributed by atoms with van der Waals surface area (Å²) >= 11 is 3.40. The van der Waals surface area contributed by atoms with Gasteiger partial charge in [0.15, 0.2) is 0 Å². The molecule has 2 aromatic heterocycles. The topological polar surface area (TPSA) is 45.2 Å². The monoisotopic (exact) mass is 307 g/mol. The van der Waals surface area contributed by atoms with Crippen molar-refractivity contribution in [2.24, 2.45) is 0 Å². The Hall–Kier alpha value is -1.05. The standard InChI is InChI=1S/C13H17N5S2/c1-9-15-10(7-19-9)6-17-4-2-12-11(17)3-5-18(12)13-16-14-8-20-13/h7-8,11-12H,2-6H2,1H3/t11-,12+/m1/s1. The van der Waals surface area contributed by atoms with Crippen LogP contribution in [0, 0.1) is 6.92 Å². The fourth-order valence-corrected chi connectivity index (χ4v) is 4.74. The third-order valence-corrected chi connectivity index (χ3v) is 5.87. The van der Waals surface area contributed by atoms with Crippen molar-refractivity contribution in [3.63, 3.8) is 0 Å². The molecule has 4 heterocycles. The van der Waals surface area contributed by atoms with E-state index < -0.39 is 0 Å². The number of aryl methyl sites for hydroxylation is 1. The van der Waals surface area contributed by atoms with Crippen LogP contribution in [0.4, 0.5) is 5.13 Å². The SMILES string of the molecule is Cc1nc(CN2CC[C@H]3[C@H]2CCN3c2nncs2)cs1. The van der Waals surface area contributed by atoms with Crippen LogP contribution in [-0.2, 0) is 6.54 Å².